The Morgan fingerprint density at radius 1 is 1.33 bits per heavy atom. The van der Waals surface area contributed by atoms with Crippen molar-refractivity contribution >= 4 is 0 Å². The molecule has 0 radical (unpaired) electrons. The van der Waals surface area contributed by atoms with Crippen LogP contribution in [0, 0.1) is 17.2 Å². The van der Waals surface area contributed by atoms with Gasteiger partial charge in [-0.2, -0.15) is 5.26 Å². The van der Waals surface area contributed by atoms with E-state index in [-0.39, 0.29) is 6.04 Å². The highest BCUT2D eigenvalue weighted by molar-refractivity contribution is 4.91. The predicted octanol–water partition coefficient (Wildman–Crippen LogP) is 2.78. The van der Waals surface area contributed by atoms with Gasteiger partial charge in [-0.05, 0) is 52.1 Å². The van der Waals surface area contributed by atoms with Crippen LogP contribution in [0.4, 0.5) is 0 Å². The van der Waals surface area contributed by atoms with Crippen LogP contribution in [0.3, 0.4) is 0 Å². The van der Waals surface area contributed by atoms with Gasteiger partial charge in [-0.1, -0.05) is 19.8 Å². The van der Waals surface area contributed by atoms with Gasteiger partial charge in [-0.25, -0.2) is 0 Å². The standard InChI is InChI=1S/C15H29N3/c1-4-5-14-6-9-18(10-7-14)11-8-15(12-16)17-13(2)3/h13-15,17H,4-11H2,1-3H3. The number of hydrogen-bond donors (Lipinski definition) is 1. The van der Waals surface area contributed by atoms with Gasteiger partial charge in [0.15, 0.2) is 0 Å². The van der Waals surface area contributed by atoms with Crippen molar-refractivity contribution in [3.05, 3.63) is 0 Å². The molecule has 1 N–H and O–H groups in total. The third kappa shape index (κ3) is 5.84. The summed E-state index contributed by atoms with van der Waals surface area (Å²) in [4.78, 5) is 2.53. The number of piperidine rings is 1. The zero-order chi connectivity index (χ0) is 13.4. The second kappa shape index (κ2) is 8.50. The summed E-state index contributed by atoms with van der Waals surface area (Å²) in [6.45, 7) is 9.99. The molecule has 0 aromatic heterocycles. The highest BCUT2D eigenvalue weighted by Gasteiger charge is 2.19. The molecule has 0 amide bonds. The third-order valence-corrected chi connectivity index (χ3v) is 3.83. The van der Waals surface area contributed by atoms with Crippen molar-refractivity contribution in [3.63, 3.8) is 0 Å². The normalized spacial score (nSPS) is 19.9. The van der Waals surface area contributed by atoms with Crippen molar-refractivity contribution in [1.82, 2.24) is 10.2 Å². The van der Waals surface area contributed by atoms with Gasteiger partial charge in [0.25, 0.3) is 0 Å². The molecule has 0 saturated carbocycles. The Balaban J connectivity index is 2.18. The van der Waals surface area contributed by atoms with Crippen LogP contribution in [0.5, 0.6) is 0 Å². The topological polar surface area (TPSA) is 39.1 Å². The molecule has 0 spiro atoms. The average Bonchev–Trinajstić information content (AvgIpc) is 2.36. The van der Waals surface area contributed by atoms with Crippen LogP contribution < -0.4 is 5.32 Å². The van der Waals surface area contributed by atoms with E-state index in [2.05, 4.69) is 37.1 Å². The third-order valence-electron chi connectivity index (χ3n) is 3.83. The van der Waals surface area contributed by atoms with Crippen LogP contribution in [0.15, 0.2) is 0 Å². The lowest BCUT2D eigenvalue weighted by Crippen LogP contribution is -2.39. The number of hydrogen-bond acceptors (Lipinski definition) is 3. The van der Waals surface area contributed by atoms with E-state index in [1.165, 1.54) is 38.8 Å². The minimum Gasteiger partial charge on any atom is -0.303 e. The second-order valence-corrected chi connectivity index (χ2v) is 5.87. The lowest BCUT2D eigenvalue weighted by molar-refractivity contribution is 0.173. The molecular formula is C15H29N3. The van der Waals surface area contributed by atoms with E-state index in [4.69, 9.17) is 5.26 Å². The van der Waals surface area contributed by atoms with Gasteiger partial charge in [0.2, 0.25) is 0 Å². The lowest BCUT2D eigenvalue weighted by Gasteiger charge is -2.32. The lowest BCUT2D eigenvalue weighted by atomic mass is 9.92. The summed E-state index contributed by atoms with van der Waals surface area (Å²) < 4.78 is 0. The van der Waals surface area contributed by atoms with E-state index in [1.54, 1.807) is 0 Å². The molecular weight excluding hydrogens is 222 g/mol. The summed E-state index contributed by atoms with van der Waals surface area (Å²) in [5, 5.41) is 12.4. The maximum Gasteiger partial charge on any atom is 0.0967 e. The van der Waals surface area contributed by atoms with Crippen molar-refractivity contribution in [3.8, 4) is 6.07 Å². The summed E-state index contributed by atoms with van der Waals surface area (Å²) >= 11 is 0. The van der Waals surface area contributed by atoms with Gasteiger partial charge < -0.3 is 4.90 Å². The first kappa shape index (κ1) is 15.5. The molecule has 18 heavy (non-hydrogen) atoms. The van der Waals surface area contributed by atoms with E-state index in [9.17, 15) is 0 Å². The van der Waals surface area contributed by atoms with Gasteiger partial charge in [0.1, 0.15) is 0 Å². The Morgan fingerprint density at radius 2 is 2.00 bits per heavy atom. The molecule has 1 aliphatic heterocycles. The number of nitrogens with zero attached hydrogens (tertiary/aromatic N) is 2. The first-order valence-electron chi connectivity index (χ1n) is 7.53. The van der Waals surface area contributed by atoms with Gasteiger partial charge in [-0.15, -0.1) is 0 Å². The van der Waals surface area contributed by atoms with Crippen molar-refractivity contribution in [2.75, 3.05) is 19.6 Å². The summed E-state index contributed by atoms with van der Waals surface area (Å²) in [6, 6.07) is 2.77. The molecule has 0 bridgehead atoms. The van der Waals surface area contributed by atoms with E-state index in [1.807, 2.05) is 0 Å². The van der Waals surface area contributed by atoms with E-state index >= 15 is 0 Å². The van der Waals surface area contributed by atoms with Crippen molar-refractivity contribution in [2.45, 2.75) is 65.0 Å². The van der Waals surface area contributed by atoms with Crippen LogP contribution in [0.1, 0.15) is 52.9 Å². The molecule has 0 aromatic carbocycles. The molecule has 1 heterocycles. The van der Waals surface area contributed by atoms with Crippen LogP contribution in [-0.2, 0) is 0 Å². The maximum absolute atomic E-state index is 9.09. The largest absolute Gasteiger partial charge is 0.303 e. The number of likely N-dealkylation sites (tertiary alicyclic amines) is 1. The highest BCUT2D eigenvalue weighted by atomic mass is 15.1. The fraction of sp³-hybridized carbons (Fsp3) is 0.933. The van der Waals surface area contributed by atoms with Crippen molar-refractivity contribution < 1.29 is 0 Å². The van der Waals surface area contributed by atoms with E-state index < -0.39 is 0 Å². The molecule has 1 aliphatic rings. The number of rotatable bonds is 7. The van der Waals surface area contributed by atoms with Gasteiger partial charge in [0.05, 0.1) is 12.1 Å². The molecule has 1 saturated heterocycles. The monoisotopic (exact) mass is 251 g/mol. The summed E-state index contributed by atoms with van der Waals surface area (Å²) in [5.41, 5.74) is 0. The van der Waals surface area contributed by atoms with Crippen LogP contribution >= 0.6 is 0 Å². The molecule has 3 nitrogen and oxygen atoms in total. The SMILES string of the molecule is CCCC1CCN(CCC(C#N)NC(C)C)CC1. The van der Waals surface area contributed by atoms with Gasteiger partial charge in [-0.3, -0.25) is 5.32 Å². The Hall–Kier alpha value is -0.590. The quantitative estimate of drug-likeness (QED) is 0.756. The maximum atomic E-state index is 9.09. The number of nitriles is 1. The fourth-order valence-corrected chi connectivity index (χ4v) is 2.81. The first-order valence-corrected chi connectivity index (χ1v) is 7.53. The zero-order valence-electron chi connectivity index (χ0n) is 12.3. The predicted molar refractivity (Wildman–Crippen MR) is 76.4 cm³/mol. The minimum absolute atomic E-state index is 0.0124. The van der Waals surface area contributed by atoms with E-state index in [0.717, 1.165) is 18.9 Å². The Kier molecular flexibility index (Phi) is 7.31. The molecule has 0 aliphatic carbocycles. The summed E-state index contributed by atoms with van der Waals surface area (Å²) in [6.07, 6.45) is 6.36. The molecule has 1 unspecified atom stereocenters. The van der Waals surface area contributed by atoms with Gasteiger partial charge >= 0.3 is 0 Å². The Bertz CT molecular complexity index is 249. The minimum atomic E-state index is 0.0124. The Morgan fingerprint density at radius 3 is 2.50 bits per heavy atom. The first-order chi connectivity index (χ1) is 8.65. The van der Waals surface area contributed by atoms with Crippen LogP contribution in [0.2, 0.25) is 0 Å². The molecule has 0 aromatic rings. The average molecular weight is 251 g/mol. The van der Waals surface area contributed by atoms with Crippen molar-refractivity contribution in [1.29, 1.82) is 5.26 Å². The Labute approximate surface area is 113 Å². The molecule has 1 atom stereocenters. The smallest absolute Gasteiger partial charge is 0.0967 e. The molecule has 104 valence electrons. The highest BCUT2D eigenvalue weighted by Crippen LogP contribution is 2.21. The summed E-state index contributed by atoms with van der Waals surface area (Å²) in [7, 11) is 0. The fourth-order valence-electron chi connectivity index (χ4n) is 2.81. The molecule has 3 heteroatoms. The number of nitrogens with one attached hydrogen (secondary N) is 1. The van der Waals surface area contributed by atoms with Crippen molar-refractivity contribution in [2.24, 2.45) is 5.92 Å². The van der Waals surface area contributed by atoms with Crippen LogP contribution in [0.25, 0.3) is 0 Å². The zero-order valence-corrected chi connectivity index (χ0v) is 12.3. The summed E-state index contributed by atoms with van der Waals surface area (Å²) in [5.74, 6) is 0.951. The van der Waals surface area contributed by atoms with Gasteiger partial charge in [0, 0.05) is 12.6 Å². The van der Waals surface area contributed by atoms with E-state index in [0.29, 0.717) is 6.04 Å². The molecule has 1 fully saturated rings. The van der Waals surface area contributed by atoms with Crippen LogP contribution in [-0.4, -0.2) is 36.6 Å². The molecule has 1 rings (SSSR count). The second-order valence-electron chi connectivity index (χ2n) is 5.87.